The number of pyridine rings is 1. The number of alkyl halides is 2. The average Bonchev–Trinajstić information content (AvgIpc) is 3.40. The van der Waals surface area contributed by atoms with Crippen LogP contribution in [0.15, 0.2) is 30.5 Å². The molecule has 2 atom stereocenters. The molecule has 0 spiro atoms. The molecule has 2 N–H and O–H groups in total. The third-order valence-electron chi connectivity index (χ3n) is 7.17. The van der Waals surface area contributed by atoms with E-state index in [2.05, 4.69) is 10.3 Å². The molecule has 3 rings (SSSR count). The van der Waals surface area contributed by atoms with Gasteiger partial charge in [-0.1, -0.05) is 13.0 Å². The number of hydrogen-bond donors (Lipinski definition) is 2. The van der Waals surface area contributed by atoms with Crippen LogP contribution in [0.1, 0.15) is 63.1 Å². The Labute approximate surface area is 204 Å². The molecule has 34 heavy (non-hydrogen) atoms. The van der Waals surface area contributed by atoms with Crippen LogP contribution in [0.5, 0.6) is 0 Å². The van der Waals surface area contributed by atoms with E-state index in [-0.39, 0.29) is 30.6 Å². The monoisotopic (exact) mass is 496 g/mol. The van der Waals surface area contributed by atoms with Crippen molar-refractivity contribution in [1.82, 2.24) is 20.5 Å². The largest absolute Gasteiger partial charge is 0.336 e. The van der Waals surface area contributed by atoms with Crippen molar-refractivity contribution in [2.45, 2.75) is 77.9 Å². The van der Waals surface area contributed by atoms with Crippen LogP contribution in [0.25, 0.3) is 0 Å². The molecule has 1 aliphatic rings. The highest BCUT2D eigenvalue weighted by Crippen LogP contribution is 2.49. The second kappa shape index (κ2) is 10.2. The molecule has 0 aliphatic carbocycles. The van der Waals surface area contributed by atoms with Crippen molar-refractivity contribution in [3.63, 3.8) is 0 Å². The Morgan fingerprint density at radius 1 is 1.29 bits per heavy atom. The zero-order valence-corrected chi connectivity index (χ0v) is 21.4. The molecule has 2 aromatic heterocycles. The fourth-order valence-electron chi connectivity index (χ4n) is 4.46. The van der Waals surface area contributed by atoms with Crippen molar-refractivity contribution in [2.75, 3.05) is 13.1 Å². The van der Waals surface area contributed by atoms with Gasteiger partial charge >= 0.3 is 12.1 Å². The number of aromatic nitrogens is 1. The lowest BCUT2D eigenvalue weighted by atomic mass is 9.79. The van der Waals surface area contributed by atoms with Crippen molar-refractivity contribution in [3.05, 3.63) is 51.7 Å². The number of hydrogen-bond acceptors (Lipinski definition) is 4. The number of rotatable bonds is 9. The highest BCUT2D eigenvalue weighted by Gasteiger charge is 2.59. The predicted molar refractivity (Wildman–Crippen MR) is 130 cm³/mol. The minimum absolute atomic E-state index is 0.0956. The van der Waals surface area contributed by atoms with E-state index in [0.29, 0.717) is 19.4 Å². The number of urea groups is 1. The molecule has 1 saturated heterocycles. The second-order valence-electron chi connectivity index (χ2n) is 9.89. The van der Waals surface area contributed by atoms with Gasteiger partial charge in [-0.25, -0.2) is 4.79 Å². The van der Waals surface area contributed by atoms with Gasteiger partial charge in [-0.2, -0.15) is 13.2 Å². The van der Waals surface area contributed by atoms with E-state index in [1.54, 1.807) is 19.2 Å². The fourth-order valence-corrected chi connectivity index (χ4v) is 5.19. The smallest absolute Gasteiger partial charge is 0.333 e. The van der Waals surface area contributed by atoms with Gasteiger partial charge in [0, 0.05) is 34.9 Å². The summed E-state index contributed by atoms with van der Waals surface area (Å²) < 4.78 is 45.2. The summed E-state index contributed by atoms with van der Waals surface area (Å²) in [5, 5.41) is 4.22. The highest BCUT2D eigenvalue weighted by atomic mass is 32.1. The molecule has 188 valence electrons. The first-order valence-electron chi connectivity index (χ1n) is 11.8. The van der Waals surface area contributed by atoms with Crippen LogP contribution in [-0.2, 0) is 12.0 Å². The summed E-state index contributed by atoms with van der Waals surface area (Å²) in [5.41, 5.74) is -0.177. The third-order valence-corrected chi connectivity index (χ3v) is 8.10. The summed E-state index contributed by atoms with van der Waals surface area (Å²) in [6.45, 7) is 10.1. The van der Waals surface area contributed by atoms with Gasteiger partial charge in [0.05, 0.1) is 5.41 Å². The van der Waals surface area contributed by atoms with Crippen LogP contribution in [0, 0.1) is 17.5 Å². The van der Waals surface area contributed by atoms with Crippen molar-refractivity contribution in [2.24, 2.45) is 5.41 Å². The average molecular weight is 497 g/mol. The van der Waals surface area contributed by atoms with E-state index in [0.717, 1.165) is 27.5 Å². The van der Waals surface area contributed by atoms with Crippen LogP contribution in [-0.4, -0.2) is 41.1 Å². The minimum atomic E-state index is -3.45. The molecular weight excluding hydrogens is 461 g/mol. The minimum Gasteiger partial charge on any atom is -0.336 e. The molecule has 0 bridgehead atoms. The van der Waals surface area contributed by atoms with Gasteiger partial charge < -0.3 is 5.32 Å². The maximum Gasteiger partial charge on any atom is 0.333 e. The Hall–Kier alpha value is -2.13. The number of nitrogens with zero attached hydrogens (tertiary/aromatic N) is 2. The summed E-state index contributed by atoms with van der Waals surface area (Å²) in [5.74, 6) is 0. The summed E-state index contributed by atoms with van der Waals surface area (Å²) in [6.07, 6.45) is 3.09. The Balaban J connectivity index is 1.86. The van der Waals surface area contributed by atoms with Crippen molar-refractivity contribution in [3.8, 4) is 0 Å². The standard InChI is InChI=1S/C25H35F3N4OS/c1-6-17(2)30-22(33)31-25(27,28)24(12-11-20-9-10-21(26)34-20)13-14-32(16-24)23(4,5)19-8-7-18(3)29-15-19/h7-10,15,17H,6,11-14,16H2,1-5H3,(H2,30,31,33). The zero-order valence-electron chi connectivity index (χ0n) is 20.6. The van der Waals surface area contributed by atoms with Gasteiger partial charge in [0.25, 0.3) is 0 Å². The molecular formula is C25H35F3N4OS. The molecule has 2 unspecified atom stereocenters. The molecule has 3 heterocycles. The zero-order chi connectivity index (χ0) is 25.1. The highest BCUT2D eigenvalue weighted by molar-refractivity contribution is 7.10. The summed E-state index contributed by atoms with van der Waals surface area (Å²) in [6, 6.07) is 2.36. The molecule has 2 amide bonds. The van der Waals surface area contributed by atoms with Crippen LogP contribution in [0.4, 0.5) is 18.0 Å². The van der Waals surface area contributed by atoms with E-state index in [1.807, 2.05) is 50.0 Å². The Bertz CT molecular complexity index is 979. The van der Waals surface area contributed by atoms with Crippen molar-refractivity contribution < 1.29 is 18.0 Å². The third kappa shape index (κ3) is 5.74. The van der Waals surface area contributed by atoms with E-state index in [4.69, 9.17) is 0 Å². The number of halogens is 3. The molecule has 0 aromatic carbocycles. The number of aryl methyl sites for hydroxylation is 2. The summed E-state index contributed by atoms with van der Waals surface area (Å²) in [4.78, 5) is 19.5. The summed E-state index contributed by atoms with van der Waals surface area (Å²) >= 11 is 0.977. The molecule has 5 nitrogen and oxygen atoms in total. The molecule has 9 heteroatoms. The first kappa shape index (κ1) is 26.5. The van der Waals surface area contributed by atoms with Gasteiger partial charge in [0.1, 0.15) is 0 Å². The van der Waals surface area contributed by atoms with Gasteiger partial charge in [-0.05, 0) is 83.7 Å². The molecule has 2 aromatic rings. The molecule has 0 saturated carbocycles. The first-order chi connectivity index (χ1) is 15.9. The predicted octanol–water partition coefficient (Wildman–Crippen LogP) is 5.84. The summed E-state index contributed by atoms with van der Waals surface area (Å²) in [7, 11) is 0. The second-order valence-corrected chi connectivity index (χ2v) is 11.0. The Kier molecular flexibility index (Phi) is 7.97. The normalized spacial score (nSPS) is 20.4. The molecule has 0 radical (unpaired) electrons. The lowest BCUT2D eigenvalue weighted by molar-refractivity contribution is -0.139. The number of nitrogens with one attached hydrogen (secondary N) is 2. The number of likely N-dealkylation sites (tertiary alicyclic amines) is 1. The van der Waals surface area contributed by atoms with Crippen LogP contribution in [0.2, 0.25) is 0 Å². The number of carbonyl (C=O) groups excluding carboxylic acids is 1. The Morgan fingerprint density at radius 2 is 2.03 bits per heavy atom. The quantitative estimate of drug-likeness (QED) is 0.429. The van der Waals surface area contributed by atoms with Crippen LogP contribution in [0.3, 0.4) is 0 Å². The van der Waals surface area contributed by atoms with Crippen LogP contribution < -0.4 is 10.6 Å². The lowest BCUT2D eigenvalue weighted by Crippen LogP contribution is -2.59. The van der Waals surface area contributed by atoms with E-state index < -0.39 is 23.0 Å². The Morgan fingerprint density at radius 3 is 2.62 bits per heavy atom. The molecule has 1 aliphatic heterocycles. The van der Waals surface area contributed by atoms with Gasteiger partial charge in [-0.15, -0.1) is 11.3 Å². The number of amides is 2. The molecule has 1 fully saturated rings. The van der Waals surface area contributed by atoms with E-state index in [9.17, 15) is 9.18 Å². The maximum absolute atomic E-state index is 15.8. The van der Waals surface area contributed by atoms with Gasteiger partial charge in [-0.3, -0.25) is 15.2 Å². The van der Waals surface area contributed by atoms with Gasteiger partial charge in [0.15, 0.2) is 5.13 Å². The lowest BCUT2D eigenvalue weighted by Gasteiger charge is -2.41. The van der Waals surface area contributed by atoms with Crippen molar-refractivity contribution >= 4 is 17.4 Å². The first-order valence-corrected chi connectivity index (χ1v) is 12.6. The maximum atomic E-state index is 15.8. The van der Waals surface area contributed by atoms with Crippen LogP contribution >= 0.6 is 11.3 Å². The number of carbonyl (C=O) groups is 1. The number of thiophene rings is 1. The van der Waals surface area contributed by atoms with E-state index >= 15 is 8.78 Å². The van der Waals surface area contributed by atoms with Crippen molar-refractivity contribution in [1.29, 1.82) is 0 Å². The SMILES string of the molecule is CCC(C)NC(=O)NC(F)(F)C1(CCc2ccc(F)s2)CCN(C(C)(C)c2ccc(C)nc2)C1. The topological polar surface area (TPSA) is 57.3 Å². The van der Waals surface area contributed by atoms with E-state index in [1.165, 1.54) is 6.07 Å². The fraction of sp³-hybridized carbons (Fsp3) is 0.600. The van der Waals surface area contributed by atoms with Gasteiger partial charge in [0.2, 0.25) is 0 Å².